The number of benzene rings is 1. The van der Waals surface area contributed by atoms with E-state index >= 15 is 0 Å². The lowest BCUT2D eigenvalue weighted by Crippen LogP contribution is -1.97. The number of aliphatic hydroxyl groups excluding tert-OH is 1. The second-order valence-corrected chi connectivity index (χ2v) is 4.95. The monoisotopic (exact) mass is 344 g/mol. The molecule has 0 amide bonds. The molecule has 0 atom stereocenters. The van der Waals surface area contributed by atoms with Crippen molar-refractivity contribution in [2.45, 2.75) is 13.5 Å². The lowest BCUT2D eigenvalue weighted by atomic mass is 10.2. The number of hydrogen-bond acceptors (Lipinski definition) is 3. The maximum atomic E-state index is 9.30. The smallest absolute Gasteiger partial charge is 0.223 e. The van der Waals surface area contributed by atoms with Crippen LogP contribution in [0.3, 0.4) is 0 Å². The highest BCUT2D eigenvalue weighted by molar-refractivity contribution is 14.1. The van der Waals surface area contributed by atoms with Gasteiger partial charge in [-0.1, -0.05) is 0 Å². The van der Waals surface area contributed by atoms with E-state index < -0.39 is 0 Å². The molecule has 0 radical (unpaired) electrons. The molecule has 0 aliphatic rings. The van der Waals surface area contributed by atoms with Gasteiger partial charge in [-0.05, 0) is 53.8 Å². The summed E-state index contributed by atoms with van der Waals surface area (Å²) in [6.07, 6.45) is 0. The SMILES string of the molecule is Cc1nn(C)c(Oc2ccc(I)cc2)c1CO. The third kappa shape index (κ3) is 2.61. The van der Waals surface area contributed by atoms with E-state index in [4.69, 9.17) is 4.74 Å². The minimum absolute atomic E-state index is 0.0701. The first-order valence-electron chi connectivity index (χ1n) is 5.18. The van der Waals surface area contributed by atoms with Crippen LogP contribution in [0.15, 0.2) is 24.3 Å². The van der Waals surface area contributed by atoms with Crippen molar-refractivity contribution >= 4 is 22.6 Å². The van der Waals surface area contributed by atoms with Crippen molar-refractivity contribution in [3.8, 4) is 11.6 Å². The largest absolute Gasteiger partial charge is 0.439 e. The Morgan fingerprint density at radius 3 is 2.59 bits per heavy atom. The van der Waals surface area contributed by atoms with Crippen LogP contribution >= 0.6 is 22.6 Å². The summed E-state index contributed by atoms with van der Waals surface area (Å²) in [5.41, 5.74) is 1.52. The number of aryl methyl sites for hydroxylation is 2. The Labute approximate surface area is 113 Å². The van der Waals surface area contributed by atoms with Gasteiger partial charge in [0.15, 0.2) is 0 Å². The molecule has 1 aromatic carbocycles. The number of aromatic nitrogens is 2. The van der Waals surface area contributed by atoms with Crippen LogP contribution in [0.1, 0.15) is 11.3 Å². The molecule has 0 bridgehead atoms. The fourth-order valence-corrected chi connectivity index (χ4v) is 1.96. The summed E-state index contributed by atoms with van der Waals surface area (Å²) in [5.74, 6) is 1.33. The zero-order valence-electron chi connectivity index (χ0n) is 9.64. The minimum Gasteiger partial charge on any atom is -0.439 e. The van der Waals surface area contributed by atoms with E-state index in [2.05, 4.69) is 27.7 Å². The Morgan fingerprint density at radius 1 is 1.35 bits per heavy atom. The Balaban J connectivity index is 2.32. The lowest BCUT2D eigenvalue weighted by Gasteiger charge is -2.07. The molecule has 5 heteroatoms. The van der Waals surface area contributed by atoms with Gasteiger partial charge in [-0.3, -0.25) is 0 Å². The van der Waals surface area contributed by atoms with Crippen LogP contribution in [0, 0.1) is 10.5 Å². The maximum Gasteiger partial charge on any atom is 0.223 e. The number of hydrogen-bond donors (Lipinski definition) is 1. The van der Waals surface area contributed by atoms with Crippen LogP contribution in [-0.2, 0) is 13.7 Å². The predicted octanol–water partition coefficient (Wildman–Crippen LogP) is 2.62. The highest BCUT2D eigenvalue weighted by Crippen LogP contribution is 2.27. The average molecular weight is 344 g/mol. The number of rotatable bonds is 3. The lowest BCUT2D eigenvalue weighted by molar-refractivity contribution is 0.274. The molecule has 90 valence electrons. The second kappa shape index (κ2) is 5.05. The first-order chi connectivity index (χ1) is 8.11. The molecule has 0 aliphatic carbocycles. The van der Waals surface area contributed by atoms with Crippen molar-refractivity contribution in [1.29, 1.82) is 0 Å². The highest BCUT2D eigenvalue weighted by Gasteiger charge is 2.14. The van der Waals surface area contributed by atoms with Gasteiger partial charge in [0.05, 0.1) is 17.9 Å². The molecule has 0 unspecified atom stereocenters. The third-order valence-electron chi connectivity index (χ3n) is 2.48. The van der Waals surface area contributed by atoms with E-state index in [1.165, 1.54) is 0 Å². The highest BCUT2D eigenvalue weighted by atomic mass is 127. The molecular weight excluding hydrogens is 331 g/mol. The predicted molar refractivity (Wildman–Crippen MR) is 73.1 cm³/mol. The van der Waals surface area contributed by atoms with Gasteiger partial charge < -0.3 is 9.84 Å². The molecule has 0 aliphatic heterocycles. The Kier molecular flexibility index (Phi) is 3.68. The molecular formula is C12H13IN2O2. The van der Waals surface area contributed by atoms with Crippen molar-refractivity contribution in [3.05, 3.63) is 39.1 Å². The van der Waals surface area contributed by atoms with Crippen LogP contribution in [0.25, 0.3) is 0 Å². The van der Waals surface area contributed by atoms with E-state index in [0.717, 1.165) is 20.6 Å². The average Bonchev–Trinajstić information content (AvgIpc) is 2.57. The molecule has 0 saturated carbocycles. The van der Waals surface area contributed by atoms with Gasteiger partial charge in [0.25, 0.3) is 0 Å². The van der Waals surface area contributed by atoms with Crippen molar-refractivity contribution < 1.29 is 9.84 Å². The van der Waals surface area contributed by atoms with Gasteiger partial charge in [-0.25, -0.2) is 4.68 Å². The van der Waals surface area contributed by atoms with Crippen molar-refractivity contribution in [2.75, 3.05) is 0 Å². The fraction of sp³-hybridized carbons (Fsp3) is 0.250. The van der Waals surface area contributed by atoms with Crippen molar-refractivity contribution in [2.24, 2.45) is 7.05 Å². The molecule has 2 rings (SSSR count). The molecule has 4 nitrogen and oxygen atoms in total. The Bertz CT molecular complexity index is 520. The maximum absolute atomic E-state index is 9.30. The van der Waals surface area contributed by atoms with Gasteiger partial charge in [-0.15, -0.1) is 0 Å². The summed E-state index contributed by atoms with van der Waals surface area (Å²) in [4.78, 5) is 0. The molecule has 1 heterocycles. The standard InChI is InChI=1S/C12H13IN2O2/c1-8-11(7-16)12(15(2)14-8)17-10-5-3-9(13)4-6-10/h3-6,16H,7H2,1-2H3. The minimum atomic E-state index is -0.0701. The van der Waals surface area contributed by atoms with Crippen LogP contribution in [0.4, 0.5) is 0 Å². The number of halogens is 1. The quantitative estimate of drug-likeness (QED) is 0.871. The molecule has 1 aromatic heterocycles. The zero-order chi connectivity index (χ0) is 12.4. The zero-order valence-corrected chi connectivity index (χ0v) is 11.8. The van der Waals surface area contributed by atoms with Crippen molar-refractivity contribution in [1.82, 2.24) is 9.78 Å². The van der Waals surface area contributed by atoms with E-state index in [-0.39, 0.29) is 6.61 Å². The van der Waals surface area contributed by atoms with Crippen LogP contribution in [0.2, 0.25) is 0 Å². The molecule has 2 aromatic rings. The van der Waals surface area contributed by atoms with Crippen molar-refractivity contribution in [3.63, 3.8) is 0 Å². The van der Waals surface area contributed by atoms with E-state index in [1.807, 2.05) is 31.2 Å². The first kappa shape index (κ1) is 12.4. The van der Waals surface area contributed by atoms with E-state index in [9.17, 15) is 5.11 Å². The summed E-state index contributed by atoms with van der Waals surface area (Å²) < 4.78 is 8.53. The van der Waals surface area contributed by atoms with Gasteiger partial charge in [0.1, 0.15) is 5.75 Å². The van der Waals surface area contributed by atoms with Gasteiger partial charge in [0.2, 0.25) is 5.88 Å². The molecule has 0 fully saturated rings. The van der Waals surface area contributed by atoms with E-state index in [1.54, 1.807) is 11.7 Å². The van der Waals surface area contributed by atoms with Crippen LogP contribution in [0.5, 0.6) is 11.6 Å². The van der Waals surface area contributed by atoms with Gasteiger partial charge in [0, 0.05) is 10.6 Å². The van der Waals surface area contributed by atoms with Crippen LogP contribution < -0.4 is 4.74 Å². The molecule has 17 heavy (non-hydrogen) atoms. The number of nitrogens with zero attached hydrogens (tertiary/aromatic N) is 2. The normalized spacial score (nSPS) is 10.6. The van der Waals surface area contributed by atoms with Crippen LogP contribution in [-0.4, -0.2) is 14.9 Å². The summed E-state index contributed by atoms with van der Waals surface area (Å²) in [7, 11) is 1.80. The Morgan fingerprint density at radius 2 is 2.00 bits per heavy atom. The Hall–Kier alpha value is -1.08. The summed E-state index contributed by atoms with van der Waals surface area (Å²) in [6.45, 7) is 1.78. The molecule has 0 saturated heterocycles. The topological polar surface area (TPSA) is 47.3 Å². The second-order valence-electron chi connectivity index (χ2n) is 3.71. The summed E-state index contributed by atoms with van der Waals surface area (Å²) in [5, 5.41) is 13.5. The summed E-state index contributed by atoms with van der Waals surface area (Å²) >= 11 is 2.24. The van der Waals surface area contributed by atoms with Gasteiger partial charge in [-0.2, -0.15) is 5.10 Å². The number of ether oxygens (including phenoxy) is 1. The number of aliphatic hydroxyl groups is 1. The van der Waals surface area contributed by atoms with E-state index in [0.29, 0.717) is 5.88 Å². The molecule has 1 N–H and O–H groups in total. The third-order valence-corrected chi connectivity index (χ3v) is 3.19. The molecule has 0 spiro atoms. The first-order valence-corrected chi connectivity index (χ1v) is 6.26. The van der Waals surface area contributed by atoms with Gasteiger partial charge >= 0.3 is 0 Å². The fourth-order valence-electron chi connectivity index (χ4n) is 1.60. The summed E-state index contributed by atoms with van der Waals surface area (Å²) in [6, 6.07) is 7.73.